The van der Waals surface area contributed by atoms with Gasteiger partial charge < -0.3 is 29.5 Å². The maximum Gasteiger partial charge on any atom is 0.295 e. The predicted octanol–water partition coefficient (Wildman–Crippen LogP) is 3.95. The van der Waals surface area contributed by atoms with Gasteiger partial charge in [0.25, 0.3) is 11.7 Å². The molecule has 0 aromatic heterocycles. The van der Waals surface area contributed by atoms with Gasteiger partial charge in [-0.25, -0.2) is 0 Å². The molecule has 2 aromatic rings. The standard InChI is InChI=1S/C27H34N2O6/c1-5-16-35-20-11-8-18(9-12-20)25(31)23-24(19-10-13-21(30)22(17-19)34-4)29(27(33)26(23)32)15-14-28(6-2)7-3/h8-13,17,24,30-31H,5-7,14-16H2,1-4H3/b25-23-. The highest BCUT2D eigenvalue weighted by Gasteiger charge is 2.46. The average Bonchev–Trinajstić information content (AvgIpc) is 3.13. The summed E-state index contributed by atoms with van der Waals surface area (Å²) in [4.78, 5) is 30.0. The number of benzene rings is 2. The second kappa shape index (κ2) is 11.8. The van der Waals surface area contributed by atoms with Gasteiger partial charge in [-0.2, -0.15) is 0 Å². The minimum atomic E-state index is -0.823. The van der Waals surface area contributed by atoms with Crippen molar-refractivity contribution in [1.82, 2.24) is 9.80 Å². The predicted molar refractivity (Wildman–Crippen MR) is 134 cm³/mol. The summed E-state index contributed by atoms with van der Waals surface area (Å²) in [5, 5.41) is 21.3. The Morgan fingerprint density at radius 1 is 1.06 bits per heavy atom. The van der Waals surface area contributed by atoms with E-state index in [4.69, 9.17) is 9.47 Å². The highest BCUT2D eigenvalue weighted by molar-refractivity contribution is 6.46. The molecule has 35 heavy (non-hydrogen) atoms. The average molecular weight is 483 g/mol. The number of likely N-dealkylation sites (N-methyl/N-ethyl adjacent to an activating group) is 1. The molecule has 0 saturated carbocycles. The molecule has 1 fully saturated rings. The number of ketones is 1. The first-order valence-electron chi connectivity index (χ1n) is 12.0. The molecule has 1 saturated heterocycles. The number of Topliss-reactive ketones (excluding diaryl/α,β-unsaturated/α-hetero) is 1. The summed E-state index contributed by atoms with van der Waals surface area (Å²) in [7, 11) is 1.43. The molecule has 3 rings (SSSR count). The number of phenols is 1. The number of rotatable bonds is 11. The van der Waals surface area contributed by atoms with Gasteiger partial charge in [0.1, 0.15) is 11.5 Å². The van der Waals surface area contributed by atoms with Crippen molar-refractivity contribution in [2.24, 2.45) is 0 Å². The highest BCUT2D eigenvalue weighted by Crippen LogP contribution is 2.41. The summed E-state index contributed by atoms with van der Waals surface area (Å²) in [5.41, 5.74) is 0.971. The van der Waals surface area contributed by atoms with Gasteiger partial charge in [-0.3, -0.25) is 9.59 Å². The van der Waals surface area contributed by atoms with E-state index >= 15 is 0 Å². The molecule has 8 nitrogen and oxygen atoms in total. The molecule has 1 unspecified atom stereocenters. The monoisotopic (exact) mass is 482 g/mol. The zero-order valence-corrected chi connectivity index (χ0v) is 20.8. The number of phenolic OH excluding ortho intramolecular Hbond substituents is 1. The van der Waals surface area contributed by atoms with Crippen molar-refractivity contribution in [3.8, 4) is 17.2 Å². The molecule has 8 heteroatoms. The summed E-state index contributed by atoms with van der Waals surface area (Å²) < 4.78 is 10.9. The van der Waals surface area contributed by atoms with Gasteiger partial charge in [-0.15, -0.1) is 0 Å². The summed E-state index contributed by atoms with van der Waals surface area (Å²) in [6.45, 7) is 9.16. The van der Waals surface area contributed by atoms with Gasteiger partial charge in [-0.1, -0.05) is 26.8 Å². The van der Waals surface area contributed by atoms with E-state index in [1.807, 2.05) is 20.8 Å². The molecule has 1 aliphatic heterocycles. The smallest absolute Gasteiger partial charge is 0.295 e. The number of aromatic hydroxyl groups is 1. The van der Waals surface area contributed by atoms with Crippen LogP contribution in [0, 0.1) is 0 Å². The molecule has 0 bridgehead atoms. The van der Waals surface area contributed by atoms with E-state index in [2.05, 4.69) is 4.90 Å². The van der Waals surface area contributed by atoms with Crippen molar-refractivity contribution in [1.29, 1.82) is 0 Å². The van der Waals surface area contributed by atoms with Crippen LogP contribution in [0.1, 0.15) is 44.4 Å². The summed E-state index contributed by atoms with van der Waals surface area (Å²) in [6.07, 6.45) is 0.870. The number of nitrogens with zero attached hydrogens (tertiary/aromatic N) is 2. The first kappa shape index (κ1) is 26.1. The minimum Gasteiger partial charge on any atom is -0.507 e. The molecule has 0 aliphatic carbocycles. The van der Waals surface area contributed by atoms with Crippen LogP contribution in [-0.2, 0) is 9.59 Å². The van der Waals surface area contributed by atoms with Crippen molar-refractivity contribution in [2.75, 3.05) is 39.9 Å². The lowest BCUT2D eigenvalue weighted by Crippen LogP contribution is -2.38. The number of carbonyl (C=O) groups is 2. The number of carbonyl (C=O) groups excluding carboxylic acids is 2. The van der Waals surface area contributed by atoms with Gasteiger partial charge in [0.15, 0.2) is 11.5 Å². The number of aliphatic hydroxyl groups excluding tert-OH is 1. The van der Waals surface area contributed by atoms with E-state index in [-0.39, 0.29) is 22.8 Å². The zero-order chi connectivity index (χ0) is 25.5. The molecular weight excluding hydrogens is 448 g/mol. The minimum absolute atomic E-state index is 0.00418. The van der Waals surface area contributed by atoms with Gasteiger partial charge in [0.2, 0.25) is 0 Å². The van der Waals surface area contributed by atoms with E-state index in [9.17, 15) is 19.8 Å². The molecule has 1 amide bonds. The topological polar surface area (TPSA) is 99.5 Å². The molecule has 1 aliphatic rings. The molecule has 1 atom stereocenters. The Balaban J connectivity index is 2.08. The second-order valence-corrected chi connectivity index (χ2v) is 8.32. The number of aliphatic hydroxyl groups is 1. The fraction of sp³-hybridized carbons (Fsp3) is 0.407. The van der Waals surface area contributed by atoms with Crippen LogP contribution >= 0.6 is 0 Å². The first-order valence-corrected chi connectivity index (χ1v) is 12.0. The van der Waals surface area contributed by atoms with Crippen molar-refractivity contribution >= 4 is 17.4 Å². The van der Waals surface area contributed by atoms with Crippen LogP contribution in [0.5, 0.6) is 17.2 Å². The quantitative estimate of drug-likeness (QED) is 0.284. The number of methoxy groups -OCH3 is 1. The Morgan fingerprint density at radius 3 is 2.34 bits per heavy atom. The van der Waals surface area contributed by atoms with Gasteiger partial charge in [0, 0.05) is 18.7 Å². The Bertz CT molecular complexity index is 1080. The number of hydrogen-bond donors (Lipinski definition) is 2. The number of hydrogen-bond acceptors (Lipinski definition) is 7. The van der Waals surface area contributed by atoms with Crippen LogP contribution in [0.15, 0.2) is 48.0 Å². The summed E-state index contributed by atoms with van der Waals surface area (Å²) in [5.74, 6) is -0.854. The molecule has 1 heterocycles. The Hall–Kier alpha value is -3.52. The third-order valence-electron chi connectivity index (χ3n) is 6.21. The second-order valence-electron chi connectivity index (χ2n) is 8.32. The Morgan fingerprint density at radius 2 is 1.74 bits per heavy atom. The van der Waals surface area contributed by atoms with E-state index in [0.717, 1.165) is 19.5 Å². The van der Waals surface area contributed by atoms with E-state index in [1.165, 1.54) is 18.1 Å². The largest absolute Gasteiger partial charge is 0.507 e. The van der Waals surface area contributed by atoms with Crippen molar-refractivity contribution in [2.45, 2.75) is 33.2 Å². The molecule has 0 spiro atoms. The molecule has 0 radical (unpaired) electrons. The number of likely N-dealkylation sites (tertiary alicyclic amines) is 1. The fourth-order valence-corrected chi connectivity index (χ4v) is 4.19. The van der Waals surface area contributed by atoms with Crippen molar-refractivity contribution in [3.63, 3.8) is 0 Å². The maximum absolute atomic E-state index is 13.2. The third kappa shape index (κ3) is 5.59. The van der Waals surface area contributed by atoms with Crippen LogP contribution < -0.4 is 9.47 Å². The molecule has 188 valence electrons. The zero-order valence-electron chi connectivity index (χ0n) is 20.8. The molecule has 2 N–H and O–H groups in total. The lowest BCUT2D eigenvalue weighted by molar-refractivity contribution is -0.140. The lowest BCUT2D eigenvalue weighted by Gasteiger charge is -2.28. The van der Waals surface area contributed by atoms with Crippen LogP contribution in [-0.4, -0.2) is 71.6 Å². The van der Waals surface area contributed by atoms with E-state index < -0.39 is 17.7 Å². The summed E-state index contributed by atoms with van der Waals surface area (Å²) >= 11 is 0. The van der Waals surface area contributed by atoms with Crippen molar-refractivity contribution < 1.29 is 29.3 Å². The summed E-state index contributed by atoms with van der Waals surface area (Å²) in [6, 6.07) is 10.6. The van der Waals surface area contributed by atoms with Crippen molar-refractivity contribution in [3.05, 3.63) is 59.2 Å². The molecule has 2 aromatic carbocycles. The van der Waals surface area contributed by atoms with Gasteiger partial charge >= 0.3 is 0 Å². The first-order chi connectivity index (χ1) is 16.9. The van der Waals surface area contributed by atoms with Crippen LogP contribution in [0.3, 0.4) is 0 Å². The lowest BCUT2D eigenvalue weighted by atomic mass is 9.95. The molecular formula is C27H34N2O6. The van der Waals surface area contributed by atoms with E-state index in [0.29, 0.717) is 36.6 Å². The third-order valence-corrected chi connectivity index (χ3v) is 6.21. The highest BCUT2D eigenvalue weighted by atomic mass is 16.5. The van der Waals surface area contributed by atoms with Crippen LogP contribution in [0.4, 0.5) is 0 Å². The van der Waals surface area contributed by atoms with Gasteiger partial charge in [0.05, 0.1) is 25.3 Å². The Kier molecular flexibility index (Phi) is 8.76. The number of ether oxygens (including phenoxy) is 2. The van der Waals surface area contributed by atoms with Crippen LogP contribution in [0.25, 0.3) is 5.76 Å². The Labute approximate surface area is 206 Å². The van der Waals surface area contributed by atoms with Gasteiger partial charge in [-0.05, 0) is 61.5 Å². The number of amides is 1. The normalized spacial score (nSPS) is 17.3. The fourth-order valence-electron chi connectivity index (χ4n) is 4.19. The maximum atomic E-state index is 13.2. The SMILES string of the molecule is CCCOc1ccc(/C(O)=C2/C(=O)C(=O)N(CCN(CC)CC)C2c2ccc(O)c(OC)c2)cc1. The van der Waals surface area contributed by atoms with E-state index in [1.54, 1.807) is 36.4 Å². The van der Waals surface area contributed by atoms with Crippen LogP contribution in [0.2, 0.25) is 0 Å².